The highest BCUT2D eigenvalue weighted by molar-refractivity contribution is 7.84. The average Bonchev–Trinajstić information content (AvgIpc) is 2.18. The second-order valence-electron chi connectivity index (χ2n) is 3.00. The Bertz CT molecular complexity index is 381. The molecule has 15 heavy (non-hydrogen) atoms. The zero-order valence-electron chi connectivity index (χ0n) is 8.09. The number of rotatable bonds is 5. The van der Waals surface area contributed by atoms with Gasteiger partial charge in [-0.3, -0.25) is 14.3 Å². The highest BCUT2D eigenvalue weighted by Crippen LogP contribution is 2.14. The second kappa shape index (κ2) is 5.57. The summed E-state index contributed by atoms with van der Waals surface area (Å²) in [6.45, 7) is 0.363. The standard InChI is InChI=1S/C9H12N2O3S/c10-4-5-15(14)7-8-2-1-3-9(6-8)11(12)13/h1-3,6H,4-5,7,10H2. The summed E-state index contributed by atoms with van der Waals surface area (Å²) in [4.78, 5) is 10.0. The molecule has 0 saturated heterocycles. The first kappa shape index (κ1) is 11.8. The van der Waals surface area contributed by atoms with Crippen molar-refractivity contribution in [3.8, 4) is 0 Å². The number of benzene rings is 1. The Kier molecular flexibility index (Phi) is 4.38. The minimum atomic E-state index is -1.04. The van der Waals surface area contributed by atoms with Crippen LogP contribution in [0.25, 0.3) is 0 Å². The molecule has 0 saturated carbocycles. The van der Waals surface area contributed by atoms with E-state index in [2.05, 4.69) is 0 Å². The lowest BCUT2D eigenvalue weighted by atomic mass is 10.2. The Balaban J connectivity index is 2.73. The van der Waals surface area contributed by atoms with Gasteiger partial charge >= 0.3 is 0 Å². The largest absolute Gasteiger partial charge is 0.330 e. The first-order valence-corrected chi connectivity index (χ1v) is 5.90. The second-order valence-corrected chi connectivity index (χ2v) is 4.58. The first-order chi connectivity index (χ1) is 7.13. The molecule has 82 valence electrons. The number of hydrogen-bond acceptors (Lipinski definition) is 4. The fourth-order valence-corrected chi connectivity index (χ4v) is 2.11. The minimum Gasteiger partial charge on any atom is -0.330 e. The monoisotopic (exact) mass is 228 g/mol. The van der Waals surface area contributed by atoms with Crippen molar-refractivity contribution in [3.05, 3.63) is 39.9 Å². The van der Waals surface area contributed by atoms with Crippen LogP contribution in [0.4, 0.5) is 5.69 Å². The lowest BCUT2D eigenvalue weighted by Gasteiger charge is -2.00. The normalized spacial score (nSPS) is 12.3. The molecule has 1 rings (SSSR count). The summed E-state index contributed by atoms with van der Waals surface area (Å²) in [5, 5.41) is 10.5. The molecule has 5 nitrogen and oxygen atoms in total. The number of hydrogen-bond donors (Lipinski definition) is 1. The van der Waals surface area contributed by atoms with Crippen molar-refractivity contribution in [3.63, 3.8) is 0 Å². The zero-order chi connectivity index (χ0) is 11.3. The summed E-state index contributed by atoms with van der Waals surface area (Å²) < 4.78 is 11.4. The van der Waals surface area contributed by atoms with Crippen LogP contribution in [-0.4, -0.2) is 21.4 Å². The highest BCUT2D eigenvalue weighted by Gasteiger charge is 2.07. The van der Waals surface area contributed by atoms with Crippen LogP contribution in [0, 0.1) is 10.1 Å². The maximum absolute atomic E-state index is 11.4. The van der Waals surface area contributed by atoms with Crippen molar-refractivity contribution in [2.24, 2.45) is 5.73 Å². The molecule has 1 atom stereocenters. The Morgan fingerprint density at radius 3 is 2.80 bits per heavy atom. The SMILES string of the molecule is NCCS(=O)Cc1cccc([N+](=O)[O-])c1. The Morgan fingerprint density at radius 1 is 1.47 bits per heavy atom. The molecule has 0 amide bonds. The Hall–Kier alpha value is -1.27. The molecule has 0 aliphatic rings. The summed E-state index contributed by atoms with van der Waals surface area (Å²) >= 11 is 0. The molecular weight excluding hydrogens is 216 g/mol. The molecule has 1 aromatic carbocycles. The van der Waals surface area contributed by atoms with E-state index in [-0.39, 0.29) is 5.69 Å². The van der Waals surface area contributed by atoms with E-state index in [0.717, 1.165) is 0 Å². The maximum atomic E-state index is 11.4. The summed E-state index contributed by atoms with van der Waals surface area (Å²) in [6.07, 6.45) is 0. The van der Waals surface area contributed by atoms with Gasteiger partial charge in [0.25, 0.3) is 5.69 Å². The molecule has 0 heterocycles. The summed E-state index contributed by atoms with van der Waals surface area (Å²) in [6, 6.07) is 6.16. The molecule has 0 radical (unpaired) electrons. The van der Waals surface area contributed by atoms with Gasteiger partial charge in [0, 0.05) is 41.0 Å². The van der Waals surface area contributed by atoms with E-state index < -0.39 is 15.7 Å². The van der Waals surface area contributed by atoms with Gasteiger partial charge in [0.2, 0.25) is 0 Å². The summed E-state index contributed by atoms with van der Waals surface area (Å²) in [5.74, 6) is 0.738. The van der Waals surface area contributed by atoms with Gasteiger partial charge < -0.3 is 5.73 Å². The van der Waals surface area contributed by atoms with Gasteiger partial charge in [-0.2, -0.15) is 0 Å². The maximum Gasteiger partial charge on any atom is 0.269 e. The van der Waals surface area contributed by atoms with Crippen molar-refractivity contribution in [1.29, 1.82) is 0 Å². The van der Waals surface area contributed by atoms with Crippen LogP contribution < -0.4 is 5.73 Å². The Morgan fingerprint density at radius 2 is 2.20 bits per heavy atom. The van der Waals surface area contributed by atoms with E-state index in [9.17, 15) is 14.3 Å². The lowest BCUT2D eigenvalue weighted by Crippen LogP contribution is -2.11. The van der Waals surface area contributed by atoms with Crippen LogP contribution in [0.3, 0.4) is 0 Å². The van der Waals surface area contributed by atoms with Crippen molar-refractivity contribution in [2.45, 2.75) is 5.75 Å². The quantitative estimate of drug-likeness (QED) is 0.596. The van der Waals surface area contributed by atoms with Crippen LogP contribution >= 0.6 is 0 Å². The lowest BCUT2D eigenvalue weighted by molar-refractivity contribution is -0.384. The molecule has 0 fully saturated rings. The number of nitro groups is 1. The van der Waals surface area contributed by atoms with Gasteiger partial charge in [0.05, 0.1) is 4.92 Å². The molecule has 0 aromatic heterocycles. The van der Waals surface area contributed by atoms with Crippen LogP contribution in [0.5, 0.6) is 0 Å². The number of nitrogens with two attached hydrogens (primary N) is 1. The predicted octanol–water partition coefficient (Wildman–Crippen LogP) is 0.802. The van der Waals surface area contributed by atoms with Crippen LogP contribution in [-0.2, 0) is 16.6 Å². The van der Waals surface area contributed by atoms with Crippen molar-refractivity contribution >= 4 is 16.5 Å². The summed E-state index contributed by atoms with van der Waals surface area (Å²) in [5.41, 5.74) is 5.99. The number of nitro benzene ring substituents is 1. The molecule has 2 N–H and O–H groups in total. The third-order valence-corrected chi connectivity index (χ3v) is 3.14. The Labute approximate surface area is 89.9 Å². The fraction of sp³-hybridized carbons (Fsp3) is 0.333. The van der Waals surface area contributed by atoms with Gasteiger partial charge in [0.1, 0.15) is 0 Å². The van der Waals surface area contributed by atoms with E-state index in [1.54, 1.807) is 12.1 Å². The van der Waals surface area contributed by atoms with Gasteiger partial charge in [-0.25, -0.2) is 0 Å². The number of nitrogens with zero attached hydrogens (tertiary/aromatic N) is 1. The third kappa shape index (κ3) is 3.77. The molecule has 0 bridgehead atoms. The van der Waals surface area contributed by atoms with Gasteiger partial charge in [-0.05, 0) is 5.56 Å². The molecule has 1 unspecified atom stereocenters. The smallest absolute Gasteiger partial charge is 0.269 e. The van der Waals surface area contributed by atoms with Crippen LogP contribution in [0.1, 0.15) is 5.56 Å². The molecule has 6 heteroatoms. The van der Waals surface area contributed by atoms with E-state index >= 15 is 0 Å². The number of non-ortho nitro benzene ring substituents is 1. The third-order valence-electron chi connectivity index (χ3n) is 1.79. The van der Waals surface area contributed by atoms with E-state index in [4.69, 9.17) is 5.73 Å². The average molecular weight is 228 g/mol. The fourth-order valence-electron chi connectivity index (χ4n) is 1.15. The van der Waals surface area contributed by atoms with Gasteiger partial charge in [-0.1, -0.05) is 12.1 Å². The highest BCUT2D eigenvalue weighted by atomic mass is 32.2. The van der Waals surface area contributed by atoms with Crippen LogP contribution in [0.2, 0.25) is 0 Å². The minimum absolute atomic E-state index is 0.0252. The van der Waals surface area contributed by atoms with Crippen molar-refractivity contribution in [1.82, 2.24) is 0 Å². The zero-order valence-corrected chi connectivity index (χ0v) is 8.90. The van der Waals surface area contributed by atoms with Crippen LogP contribution in [0.15, 0.2) is 24.3 Å². The van der Waals surface area contributed by atoms with E-state index in [1.165, 1.54) is 12.1 Å². The van der Waals surface area contributed by atoms with Crippen molar-refractivity contribution < 1.29 is 9.13 Å². The molecule has 0 aliphatic carbocycles. The van der Waals surface area contributed by atoms with Gasteiger partial charge in [0.15, 0.2) is 0 Å². The first-order valence-electron chi connectivity index (χ1n) is 4.42. The van der Waals surface area contributed by atoms with Gasteiger partial charge in [-0.15, -0.1) is 0 Å². The topological polar surface area (TPSA) is 86.2 Å². The molecule has 1 aromatic rings. The molecular formula is C9H12N2O3S. The van der Waals surface area contributed by atoms with Crippen molar-refractivity contribution in [2.75, 3.05) is 12.3 Å². The van der Waals surface area contributed by atoms with E-state index in [0.29, 0.717) is 23.6 Å². The summed E-state index contributed by atoms with van der Waals surface area (Å²) in [7, 11) is -1.04. The van der Waals surface area contributed by atoms with E-state index in [1.807, 2.05) is 0 Å². The molecule has 0 aliphatic heterocycles. The molecule has 0 spiro atoms. The predicted molar refractivity (Wildman–Crippen MR) is 58.9 cm³/mol.